The molecule has 3 rings (SSSR count). The van der Waals surface area contributed by atoms with E-state index in [0.29, 0.717) is 6.07 Å². The van der Waals surface area contributed by atoms with Crippen LogP contribution in [0.3, 0.4) is 0 Å². The molecule has 11 heteroatoms. The maximum Gasteiger partial charge on any atom is 0.418 e. The zero-order valence-electron chi connectivity index (χ0n) is 16.4. The molecule has 0 unspecified atom stereocenters. The summed E-state index contributed by atoms with van der Waals surface area (Å²) in [7, 11) is 0. The smallest absolute Gasteiger partial charge is 0.418 e. The third-order valence-corrected chi connectivity index (χ3v) is 4.29. The third kappa shape index (κ3) is 6.03. The van der Waals surface area contributed by atoms with Gasteiger partial charge in [-0.3, -0.25) is 9.59 Å². The van der Waals surface area contributed by atoms with Crippen LogP contribution in [0, 0.1) is 5.82 Å². The number of hydrogen-bond donors (Lipinski definition) is 2. The average molecular weight is 468 g/mol. The number of para-hydroxylation sites is 1. The third-order valence-electron chi connectivity index (χ3n) is 4.29. The zero-order chi connectivity index (χ0) is 24.2. The molecule has 0 atom stereocenters. The van der Waals surface area contributed by atoms with Crippen LogP contribution in [-0.2, 0) is 6.18 Å². The molecule has 5 nitrogen and oxygen atoms in total. The molecule has 172 valence electrons. The zero-order valence-corrected chi connectivity index (χ0v) is 16.4. The van der Waals surface area contributed by atoms with Crippen LogP contribution in [0.25, 0.3) is 0 Å². The van der Waals surface area contributed by atoms with Crippen molar-refractivity contribution in [3.8, 4) is 5.75 Å². The molecule has 0 aliphatic heterocycles. The monoisotopic (exact) mass is 468 g/mol. The number of ether oxygens (including phenoxy) is 1. The number of carbonyl (C=O) groups is 2. The van der Waals surface area contributed by atoms with Crippen molar-refractivity contribution in [3.63, 3.8) is 0 Å². The molecule has 33 heavy (non-hydrogen) atoms. The fourth-order valence-electron chi connectivity index (χ4n) is 2.81. The average Bonchev–Trinajstić information content (AvgIpc) is 2.74. The van der Waals surface area contributed by atoms with E-state index in [0.717, 1.165) is 48.5 Å². The highest BCUT2D eigenvalue weighted by Gasteiger charge is 2.34. The second-order valence-corrected chi connectivity index (χ2v) is 6.55. The van der Waals surface area contributed by atoms with Gasteiger partial charge < -0.3 is 15.4 Å². The van der Waals surface area contributed by atoms with Crippen LogP contribution in [0.15, 0.2) is 66.7 Å². The first-order chi connectivity index (χ1) is 15.5. The molecule has 0 spiro atoms. The lowest BCUT2D eigenvalue weighted by Crippen LogP contribution is -2.19. The van der Waals surface area contributed by atoms with Crippen LogP contribution in [0.5, 0.6) is 5.75 Å². The highest BCUT2D eigenvalue weighted by Crippen LogP contribution is 2.37. The van der Waals surface area contributed by atoms with Crippen LogP contribution in [-0.4, -0.2) is 18.4 Å². The fraction of sp³-hybridized carbons (Fsp3) is 0.0909. The van der Waals surface area contributed by atoms with Crippen molar-refractivity contribution in [2.24, 2.45) is 0 Å². The minimum atomic E-state index is -4.93. The Morgan fingerprint density at radius 3 is 2.15 bits per heavy atom. The summed E-state index contributed by atoms with van der Waals surface area (Å²) in [5.74, 6) is -2.99. The van der Waals surface area contributed by atoms with E-state index < -0.39 is 53.0 Å². The molecule has 0 aliphatic rings. The lowest BCUT2D eigenvalue weighted by atomic mass is 10.1. The molecular formula is C22H14F6N2O3. The van der Waals surface area contributed by atoms with Gasteiger partial charge >= 0.3 is 12.8 Å². The van der Waals surface area contributed by atoms with Gasteiger partial charge in [0.1, 0.15) is 11.6 Å². The Morgan fingerprint density at radius 1 is 0.848 bits per heavy atom. The van der Waals surface area contributed by atoms with Gasteiger partial charge in [0.05, 0.1) is 16.8 Å². The Balaban J connectivity index is 1.87. The van der Waals surface area contributed by atoms with Crippen LogP contribution in [0.4, 0.5) is 37.7 Å². The van der Waals surface area contributed by atoms with Crippen molar-refractivity contribution in [1.82, 2.24) is 0 Å². The summed E-state index contributed by atoms with van der Waals surface area (Å²) in [6.07, 6.45) is -4.93. The van der Waals surface area contributed by atoms with E-state index in [1.165, 1.54) is 12.1 Å². The molecule has 0 saturated carbocycles. The molecule has 0 bridgehead atoms. The van der Waals surface area contributed by atoms with Crippen molar-refractivity contribution in [2.45, 2.75) is 12.8 Å². The Kier molecular flexibility index (Phi) is 6.90. The highest BCUT2D eigenvalue weighted by atomic mass is 19.4. The van der Waals surface area contributed by atoms with E-state index in [1.807, 2.05) is 5.32 Å². The molecule has 2 amide bonds. The lowest BCUT2D eigenvalue weighted by Gasteiger charge is -2.17. The van der Waals surface area contributed by atoms with Gasteiger partial charge in [0, 0.05) is 11.3 Å². The normalized spacial score (nSPS) is 11.2. The maximum absolute atomic E-state index is 13.6. The highest BCUT2D eigenvalue weighted by molar-refractivity contribution is 6.07. The molecule has 0 fully saturated rings. The Bertz CT molecular complexity index is 1160. The van der Waals surface area contributed by atoms with Crippen LogP contribution < -0.4 is 15.4 Å². The predicted molar refractivity (Wildman–Crippen MR) is 107 cm³/mol. The van der Waals surface area contributed by atoms with E-state index >= 15 is 0 Å². The standard InChI is InChI=1S/C22H14F6N2O3/c23-13-7-5-12(6-8-13)19(31)29-14-9-10-17(16(11-14)22(26,27)28)30-20(32)15-3-1-2-4-18(15)33-21(24)25/h1-11,21H,(H,29,31)(H,30,32). The molecule has 0 aliphatic carbocycles. The summed E-state index contributed by atoms with van der Waals surface area (Å²) in [4.78, 5) is 24.7. The largest absolute Gasteiger partial charge is 0.434 e. The van der Waals surface area contributed by atoms with E-state index in [-0.39, 0.29) is 11.3 Å². The summed E-state index contributed by atoms with van der Waals surface area (Å²) >= 11 is 0. The molecule has 0 saturated heterocycles. The molecule has 3 aromatic rings. The predicted octanol–water partition coefficient (Wildman–Crippen LogP) is 5.95. The quantitative estimate of drug-likeness (QED) is 0.440. The maximum atomic E-state index is 13.6. The Hall–Kier alpha value is -4.02. The molecule has 0 aromatic heterocycles. The number of benzene rings is 3. The number of alkyl halides is 5. The van der Waals surface area contributed by atoms with E-state index in [2.05, 4.69) is 10.1 Å². The topological polar surface area (TPSA) is 67.4 Å². The summed E-state index contributed by atoms with van der Waals surface area (Å²) in [5, 5.41) is 4.28. The van der Waals surface area contributed by atoms with E-state index in [1.54, 1.807) is 0 Å². The van der Waals surface area contributed by atoms with Gasteiger partial charge in [0.25, 0.3) is 11.8 Å². The number of nitrogens with one attached hydrogen (secondary N) is 2. The van der Waals surface area contributed by atoms with Crippen molar-refractivity contribution in [3.05, 3.63) is 89.2 Å². The number of rotatable bonds is 6. The van der Waals surface area contributed by atoms with Gasteiger partial charge in [-0.1, -0.05) is 12.1 Å². The summed E-state index contributed by atoms with van der Waals surface area (Å²) in [5.41, 5.74) is -2.59. The number of anilines is 2. The minimum absolute atomic E-state index is 0.0120. The molecular weight excluding hydrogens is 454 g/mol. The van der Waals surface area contributed by atoms with Gasteiger partial charge in [0.2, 0.25) is 0 Å². The molecule has 0 heterocycles. The number of carbonyl (C=O) groups excluding carboxylic acids is 2. The van der Waals surface area contributed by atoms with Gasteiger partial charge in [0.15, 0.2) is 0 Å². The van der Waals surface area contributed by atoms with Crippen LogP contribution in [0.1, 0.15) is 26.3 Å². The van der Waals surface area contributed by atoms with E-state index in [4.69, 9.17) is 0 Å². The molecule has 3 aromatic carbocycles. The second-order valence-electron chi connectivity index (χ2n) is 6.55. The molecule has 0 radical (unpaired) electrons. The van der Waals surface area contributed by atoms with Gasteiger partial charge in [-0.15, -0.1) is 0 Å². The first-order valence-electron chi connectivity index (χ1n) is 9.18. The number of amides is 2. The second kappa shape index (κ2) is 9.63. The van der Waals surface area contributed by atoms with Crippen molar-refractivity contribution in [1.29, 1.82) is 0 Å². The van der Waals surface area contributed by atoms with Crippen molar-refractivity contribution >= 4 is 23.2 Å². The van der Waals surface area contributed by atoms with Crippen LogP contribution in [0.2, 0.25) is 0 Å². The van der Waals surface area contributed by atoms with Gasteiger partial charge in [-0.25, -0.2) is 4.39 Å². The number of halogens is 6. The SMILES string of the molecule is O=C(Nc1ccc(NC(=O)c2ccccc2OC(F)F)c(C(F)(F)F)c1)c1ccc(F)cc1. The summed E-state index contributed by atoms with van der Waals surface area (Å²) < 4.78 is 83.1. The van der Waals surface area contributed by atoms with Crippen molar-refractivity contribution < 1.29 is 40.7 Å². The Labute approximate surface area is 183 Å². The first-order valence-corrected chi connectivity index (χ1v) is 9.18. The Morgan fingerprint density at radius 2 is 1.52 bits per heavy atom. The molecule has 2 N–H and O–H groups in total. The van der Waals surface area contributed by atoms with E-state index in [9.17, 15) is 35.9 Å². The van der Waals surface area contributed by atoms with Crippen LogP contribution >= 0.6 is 0 Å². The minimum Gasteiger partial charge on any atom is -0.434 e. The summed E-state index contributed by atoms with van der Waals surface area (Å²) in [6, 6.07) is 11.8. The van der Waals surface area contributed by atoms with Crippen molar-refractivity contribution in [2.75, 3.05) is 10.6 Å². The summed E-state index contributed by atoms with van der Waals surface area (Å²) in [6.45, 7) is -3.24. The number of hydrogen-bond acceptors (Lipinski definition) is 3. The van der Waals surface area contributed by atoms with Gasteiger partial charge in [-0.05, 0) is 54.6 Å². The van der Waals surface area contributed by atoms with Gasteiger partial charge in [-0.2, -0.15) is 22.0 Å². The fourth-order valence-corrected chi connectivity index (χ4v) is 2.81. The first kappa shape index (κ1) is 23.6. The lowest BCUT2D eigenvalue weighted by molar-refractivity contribution is -0.136.